The summed E-state index contributed by atoms with van der Waals surface area (Å²) in [5.74, 6) is -0.677. The van der Waals surface area contributed by atoms with Gasteiger partial charge in [0.15, 0.2) is 0 Å². The first-order chi connectivity index (χ1) is 22.8. The number of carbonyl (C=O) groups is 3. The van der Waals surface area contributed by atoms with Crippen molar-refractivity contribution in [3.8, 4) is 5.75 Å². The zero-order valence-corrected chi connectivity index (χ0v) is 29.2. The number of likely N-dealkylation sites (tertiary alicyclic amines) is 1. The molecule has 0 aliphatic carbocycles. The van der Waals surface area contributed by atoms with E-state index in [1.54, 1.807) is 52.5 Å². The van der Waals surface area contributed by atoms with Crippen LogP contribution < -0.4 is 10.1 Å². The third-order valence-electron chi connectivity index (χ3n) is 6.86. The summed E-state index contributed by atoms with van der Waals surface area (Å²) in [7, 11) is 0. The fraction of sp³-hybridized carbons (Fsp3) is 0.618. The molecule has 0 spiro atoms. The molecule has 272 valence electrons. The van der Waals surface area contributed by atoms with Crippen LogP contribution in [0.4, 0.5) is 22.8 Å². The third kappa shape index (κ3) is 13.3. The fourth-order valence-corrected chi connectivity index (χ4v) is 4.89. The van der Waals surface area contributed by atoms with Crippen molar-refractivity contribution >= 4 is 35.7 Å². The first-order valence-corrected chi connectivity index (χ1v) is 16.3. The SMILES string of the molecule is CC(=O)OCCCCOc1ccc(/C2=C\CCCOC([C@@H]3CCCN3/C(=N\C(=O)OC(C)(C)C)NC(=O)OC(C)(C)C)=N2)cc1C(F)(F)F. The van der Waals surface area contributed by atoms with Gasteiger partial charge in [-0.15, -0.1) is 4.99 Å². The zero-order chi connectivity index (χ0) is 36.4. The van der Waals surface area contributed by atoms with Gasteiger partial charge in [0.1, 0.15) is 23.0 Å². The second-order valence-corrected chi connectivity index (χ2v) is 13.5. The number of alkyl carbamates (subject to hydrolysis) is 1. The molecule has 3 rings (SSSR count). The number of rotatable bonds is 8. The zero-order valence-electron chi connectivity index (χ0n) is 29.2. The predicted octanol–water partition coefficient (Wildman–Crippen LogP) is 7.26. The van der Waals surface area contributed by atoms with Gasteiger partial charge < -0.3 is 28.6 Å². The lowest BCUT2D eigenvalue weighted by molar-refractivity contribution is -0.141. The third-order valence-corrected chi connectivity index (χ3v) is 6.86. The first-order valence-electron chi connectivity index (χ1n) is 16.3. The number of nitrogens with one attached hydrogen (secondary N) is 1. The molecule has 0 bridgehead atoms. The summed E-state index contributed by atoms with van der Waals surface area (Å²) in [5, 5.41) is 2.56. The molecule has 12 nitrogen and oxygen atoms in total. The molecular formula is C34H47F3N4O8. The lowest BCUT2D eigenvalue weighted by Crippen LogP contribution is -2.50. The Hall–Kier alpha value is -4.30. The summed E-state index contributed by atoms with van der Waals surface area (Å²) in [5.41, 5.74) is -2.17. The number of aliphatic imine (C=N–C) groups is 2. The summed E-state index contributed by atoms with van der Waals surface area (Å²) < 4.78 is 69.8. The highest BCUT2D eigenvalue weighted by Gasteiger charge is 2.37. The smallest absolute Gasteiger partial charge is 0.437 e. The summed E-state index contributed by atoms with van der Waals surface area (Å²) in [6, 6.07) is 3.14. The van der Waals surface area contributed by atoms with E-state index in [9.17, 15) is 27.6 Å². The molecule has 1 aromatic rings. The number of unbranched alkanes of at least 4 members (excludes halogenated alkanes) is 1. The van der Waals surface area contributed by atoms with Crippen LogP contribution in [0.1, 0.15) is 98.1 Å². The number of hydrogen-bond donors (Lipinski definition) is 1. The van der Waals surface area contributed by atoms with Gasteiger partial charge in [0.25, 0.3) is 0 Å². The van der Waals surface area contributed by atoms with Gasteiger partial charge in [-0.1, -0.05) is 6.08 Å². The molecule has 0 unspecified atom stereocenters. The molecule has 1 N–H and O–H groups in total. The summed E-state index contributed by atoms with van der Waals surface area (Å²) in [6.45, 7) is 12.2. The standard InChI is InChI=1S/C34H47F3N4O8/c1-22(42)45-18-10-11-19-46-27-16-15-23(21-24(27)34(35,36)37)25-13-8-9-20-47-28(38-25)26-14-12-17-41(26)29(39-30(43)48-32(2,3)4)40-31(44)49-33(5,6)7/h13,15-16,21,26H,8-12,14,17-20H2,1-7H3,(H,39,40,43,44)/b25-13+,38-28?/t26-/m0/s1. The molecule has 1 aromatic carbocycles. The number of esters is 1. The van der Waals surface area contributed by atoms with E-state index >= 15 is 0 Å². The molecule has 49 heavy (non-hydrogen) atoms. The number of allylic oxidation sites excluding steroid dienone is 1. The molecule has 1 atom stereocenters. The number of amides is 2. The number of ether oxygens (including phenoxy) is 5. The van der Waals surface area contributed by atoms with E-state index in [1.165, 1.54) is 19.1 Å². The number of halogens is 3. The van der Waals surface area contributed by atoms with Gasteiger partial charge in [0.05, 0.1) is 31.1 Å². The van der Waals surface area contributed by atoms with Crippen molar-refractivity contribution in [3.63, 3.8) is 0 Å². The van der Waals surface area contributed by atoms with Crippen molar-refractivity contribution in [2.24, 2.45) is 9.98 Å². The molecule has 2 aliphatic heterocycles. The molecule has 2 heterocycles. The number of hydrogen-bond acceptors (Lipinski definition) is 9. The minimum Gasteiger partial charge on any atom is -0.493 e. The quantitative estimate of drug-likeness (QED) is 0.0979. The molecule has 1 fully saturated rings. The van der Waals surface area contributed by atoms with Crippen LogP contribution in [0.5, 0.6) is 5.75 Å². The lowest BCUT2D eigenvalue weighted by Gasteiger charge is -2.30. The molecule has 0 radical (unpaired) electrons. The Labute approximate surface area is 285 Å². The number of benzene rings is 1. The van der Waals surface area contributed by atoms with Crippen molar-refractivity contribution in [1.29, 1.82) is 0 Å². The molecule has 0 saturated carbocycles. The van der Waals surface area contributed by atoms with E-state index < -0.39 is 47.1 Å². The fourth-order valence-electron chi connectivity index (χ4n) is 4.89. The number of nitrogens with zero attached hydrogens (tertiary/aromatic N) is 3. The van der Waals surface area contributed by atoms with E-state index in [1.807, 2.05) is 0 Å². The second kappa shape index (κ2) is 16.9. The van der Waals surface area contributed by atoms with Gasteiger partial charge in [-0.2, -0.15) is 13.2 Å². The highest BCUT2D eigenvalue weighted by Crippen LogP contribution is 2.39. The predicted molar refractivity (Wildman–Crippen MR) is 176 cm³/mol. The highest BCUT2D eigenvalue weighted by atomic mass is 19.4. The molecule has 1 saturated heterocycles. The van der Waals surface area contributed by atoms with E-state index in [-0.39, 0.29) is 42.1 Å². The van der Waals surface area contributed by atoms with Crippen LogP contribution in [0.25, 0.3) is 5.70 Å². The molecule has 15 heteroatoms. The maximum absolute atomic E-state index is 14.2. The van der Waals surface area contributed by atoms with Crippen molar-refractivity contribution in [2.45, 2.75) is 110 Å². The van der Waals surface area contributed by atoms with E-state index in [2.05, 4.69) is 10.3 Å². The van der Waals surface area contributed by atoms with E-state index in [0.717, 1.165) is 6.07 Å². The number of carbonyl (C=O) groups excluding carboxylic acids is 3. The van der Waals surface area contributed by atoms with Gasteiger partial charge in [-0.05, 0) is 98.3 Å². The topological polar surface area (TPSA) is 137 Å². The van der Waals surface area contributed by atoms with Crippen LogP contribution in [0, 0.1) is 0 Å². The monoisotopic (exact) mass is 696 g/mol. The van der Waals surface area contributed by atoms with Crippen LogP contribution >= 0.6 is 0 Å². The van der Waals surface area contributed by atoms with Crippen LogP contribution in [0.15, 0.2) is 34.3 Å². The Bertz CT molecular complexity index is 1430. The lowest BCUT2D eigenvalue weighted by atomic mass is 10.0. The Morgan fingerprint density at radius 1 is 1.02 bits per heavy atom. The Balaban J connectivity index is 1.93. The van der Waals surface area contributed by atoms with Gasteiger partial charge in [0, 0.05) is 19.0 Å². The first kappa shape index (κ1) is 39.1. The Kier molecular flexibility index (Phi) is 13.5. The molecular weight excluding hydrogens is 649 g/mol. The Morgan fingerprint density at radius 2 is 1.71 bits per heavy atom. The van der Waals surface area contributed by atoms with Crippen LogP contribution in [0.3, 0.4) is 0 Å². The molecule has 2 aliphatic rings. The van der Waals surface area contributed by atoms with Gasteiger partial charge in [0.2, 0.25) is 11.9 Å². The van der Waals surface area contributed by atoms with Crippen LogP contribution in [-0.4, -0.2) is 78.5 Å². The van der Waals surface area contributed by atoms with Crippen molar-refractivity contribution in [2.75, 3.05) is 26.4 Å². The minimum absolute atomic E-state index is 0.00452. The van der Waals surface area contributed by atoms with Crippen molar-refractivity contribution in [3.05, 3.63) is 35.4 Å². The highest BCUT2D eigenvalue weighted by molar-refractivity contribution is 6.01. The molecule has 2 amide bonds. The normalized spacial score (nSPS) is 18.6. The van der Waals surface area contributed by atoms with Gasteiger partial charge in [-0.3, -0.25) is 10.1 Å². The van der Waals surface area contributed by atoms with E-state index in [4.69, 9.17) is 28.7 Å². The summed E-state index contributed by atoms with van der Waals surface area (Å²) >= 11 is 0. The van der Waals surface area contributed by atoms with Crippen LogP contribution in [0.2, 0.25) is 0 Å². The minimum atomic E-state index is -4.71. The average Bonchev–Trinajstić information content (AvgIpc) is 3.42. The maximum atomic E-state index is 14.2. The van der Waals surface area contributed by atoms with E-state index in [0.29, 0.717) is 51.7 Å². The van der Waals surface area contributed by atoms with Crippen molar-refractivity contribution in [1.82, 2.24) is 10.2 Å². The maximum Gasteiger partial charge on any atom is 0.437 e. The second-order valence-electron chi connectivity index (χ2n) is 13.5. The summed E-state index contributed by atoms with van der Waals surface area (Å²) in [4.78, 5) is 46.9. The van der Waals surface area contributed by atoms with Gasteiger partial charge >= 0.3 is 24.3 Å². The largest absolute Gasteiger partial charge is 0.493 e. The molecule has 0 aromatic heterocycles. The average molecular weight is 697 g/mol. The Morgan fingerprint density at radius 3 is 2.37 bits per heavy atom. The van der Waals surface area contributed by atoms with Crippen molar-refractivity contribution < 1.29 is 51.2 Å². The van der Waals surface area contributed by atoms with Gasteiger partial charge in [-0.25, -0.2) is 14.6 Å². The van der Waals surface area contributed by atoms with Crippen LogP contribution in [-0.2, 0) is 29.9 Å². The summed E-state index contributed by atoms with van der Waals surface area (Å²) in [6.07, 6.45) is -1.71. The number of alkyl halides is 3. The number of guanidine groups is 1.